The Morgan fingerprint density at radius 1 is 1.13 bits per heavy atom. The first-order chi connectivity index (χ1) is 15.8. The van der Waals surface area contributed by atoms with Crippen LogP contribution in [-0.4, -0.2) is 40.5 Å². The lowest BCUT2D eigenvalue weighted by atomic mass is 10.1. The van der Waals surface area contributed by atoms with Gasteiger partial charge in [0.05, 0.1) is 15.6 Å². The quantitative estimate of drug-likeness (QED) is 0.451. The molecule has 0 aliphatic heterocycles. The lowest BCUT2D eigenvalue weighted by molar-refractivity contribution is -0.137. The fourth-order valence-corrected chi connectivity index (χ4v) is 2.93. The van der Waals surface area contributed by atoms with Gasteiger partial charge in [-0.25, -0.2) is 0 Å². The number of carbonyl (C=O) groups excluding carboxylic acids is 1. The van der Waals surface area contributed by atoms with Crippen molar-refractivity contribution >= 4 is 11.9 Å². The Bertz CT molecular complexity index is 1070. The van der Waals surface area contributed by atoms with Crippen molar-refractivity contribution in [2.24, 2.45) is 0 Å². The molecule has 7 nitrogen and oxygen atoms in total. The first-order valence-electron chi connectivity index (χ1n) is 11.0. The molecule has 0 unspecified atom stereocenters. The molecule has 3 aromatic rings. The van der Waals surface area contributed by atoms with Crippen molar-refractivity contribution in [3.8, 4) is 17.1 Å². The van der Waals surface area contributed by atoms with E-state index in [-0.39, 0.29) is 17.7 Å². The van der Waals surface area contributed by atoms with Gasteiger partial charge < -0.3 is 19.2 Å². The van der Waals surface area contributed by atoms with E-state index in [0.717, 1.165) is 4.90 Å². The Morgan fingerprint density at radius 3 is 2.68 bits per heavy atom. The fraction of sp³-hybridized carbons (Fsp3) is 0.292. The number of pyridine rings is 1. The number of benzene rings is 1. The Kier molecular flexibility index (Phi) is 6.85. The summed E-state index contributed by atoms with van der Waals surface area (Å²) in [6, 6.07) is 13.4. The molecule has 0 spiro atoms. The highest BCUT2D eigenvalue weighted by molar-refractivity contribution is 5.92. The molecule has 3 rings (SSSR count). The number of nitrogens with zero attached hydrogens (tertiary/aromatic N) is 2. The van der Waals surface area contributed by atoms with Gasteiger partial charge in [-0.2, -0.15) is 0 Å². The summed E-state index contributed by atoms with van der Waals surface area (Å²) >= 11 is 0. The topological polar surface area (TPSA) is 92.9 Å². The molecule has 31 heavy (non-hydrogen) atoms. The van der Waals surface area contributed by atoms with Gasteiger partial charge in [-0.3, -0.25) is 14.6 Å². The number of hydrogen-bond donors (Lipinski definition) is 1. The van der Waals surface area contributed by atoms with E-state index in [9.17, 15) is 9.59 Å². The van der Waals surface area contributed by atoms with Crippen molar-refractivity contribution in [2.75, 3.05) is 13.7 Å². The number of aromatic nitrogens is 1. The van der Waals surface area contributed by atoms with Crippen LogP contribution in [-0.2, 0) is 11.3 Å². The summed E-state index contributed by atoms with van der Waals surface area (Å²) in [6.07, 6.45) is 5.07. The maximum atomic E-state index is 13.0. The summed E-state index contributed by atoms with van der Waals surface area (Å²) < 4.78 is 28.3. The highest BCUT2D eigenvalue weighted by Gasteiger charge is 2.16. The summed E-state index contributed by atoms with van der Waals surface area (Å²) in [4.78, 5) is 28.7. The van der Waals surface area contributed by atoms with Crippen LogP contribution in [0, 0.1) is 0 Å². The third-order valence-electron chi connectivity index (χ3n) is 4.56. The standard InChI is InChI=1S/C24H26N2O5/c1-26(24(29)20-13-12-18(16-25-20)21-10-7-15-31-21)17-19-8-4-5-9-22(19)30-14-6-2-3-11-23(27)28/h4-5,7-10,12-13,15-16H,2-3,6,11,14,17H2,1H3,(H,27,28)/i17D2. The molecule has 0 aliphatic carbocycles. The molecule has 0 saturated carbocycles. The van der Waals surface area contributed by atoms with Gasteiger partial charge in [0.1, 0.15) is 17.2 Å². The summed E-state index contributed by atoms with van der Waals surface area (Å²) in [5, 5.41) is 8.70. The third-order valence-corrected chi connectivity index (χ3v) is 4.56. The van der Waals surface area contributed by atoms with E-state index >= 15 is 0 Å². The monoisotopic (exact) mass is 424 g/mol. The number of para-hydroxylation sites is 1. The van der Waals surface area contributed by atoms with Gasteiger partial charge in [0.25, 0.3) is 5.91 Å². The van der Waals surface area contributed by atoms with E-state index in [1.165, 1.54) is 19.3 Å². The molecule has 0 fully saturated rings. The van der Waals surface area contributed by atoms with E-state index in [1.54, 1.807) is 48.7 Å². The molecule has 0 bridgehead atoms. The van der Waals surface area contributed by atoms with Gasteiger partial charge in [0.2, 0.25) is 0 Å². The molecule has 2 aromatic heterocycles. The fourth-order valence-electron chi connectivity index (χ4n) is 2.93. The lowest BCUT2D eigenvalue weighted by Gasteiger charge is -2.19. The van der Waals surface area contributed by atoms with Gasteiger partial charge >= 0.3 is 5.97 Å². The molecular formula is C24H26N2O5. The number of unbranched alkanes of at least 4 members (excludes halogenated alkanes) is 2. The van der Waals surface area contributed by atoms with Crippen molar-refractivity contribution in [2.45, 2.75) is 32.2 Å². The van der Waals surface area contributed by atoms with Gasteiger partial charge in [-0.15, -0.1) is 0 Å². The highest BCUT2D eigenvalue weighted by Crippen LogP contribution is 2.22. The number of hydrogen-bond acceptors (Lipinski definition) is 5. The highest BCUT2D eigenvalue weighted by atomic mass is 16.5. The maximum absolute atomic E-state index is 13.0. The molecule has 0 radical (unpaired) electrons. The maximum Gasteiger partial charge on any atom is 0.303 e. The van der Waals surface area contributed by atoms with Gasteiger partial charge in [-0.05, 0) is 49.6 Å². The molecule has 1 N–H and O–H groups in total. The number of ether oxygens (including phenoxy) is 1. The Hall–Kier alpha value is -3.61. The summed E-state index contributed by atoms with van der Waals surface area (Å²) in [5.74, 6) is -0.442. The van der Waals surface area contributed by atoms with Crippen LogP contribution in [0.3, 0.4) is 0 Å². The van der Waals surface area contributed by atoms with Crippen LogP contribution < -0.4 is 4.74 Å². The van der Waals surface area contributed by atoms with Crippen LogP contribution in [0.2, 0.25) is 0 Å². The van der Waals surface area contributed by atoms with Gasteiger partial charge in [0, 0.05) is 37.3 Å². The first kappa shape index (κ1) is 19.4. The number of carboxylic acids is 1. The molecule has 7 heteroatoms. The summed E-state index contributed by atoms with van der Waals surface area (Å²) in [7, 11) is 1.38. The zero-order valence-corrected chi connectivity index (χ0v) is 17.3. The number of amides is 1. The minimum absolute atomic E-state index is 0.105. The van der Waals surface area contributed by atoms with E-state index in [2.05, 4.69) is 4.98 Å². The van der Waals surface area contributed by atoms with Crippen molar-refractivity contribution in [3.05, 3.63) is 72.2 Å². The van der Waals surface area contributed by atoms with Crippen LogP contribution in [0.25, 0.3) is 11.3 Å². The number of carboxylic acid groups (broad SMARTS) is 1. The molecule has 0 atom stereocenters. The van der Waals surface area contributed by atoms with Gasteiger partial charge in [0.15, 0.2) is 0 Å². The Balaban J connectivity index is 1.68. The predicted molar refractivity (Wildman–Crippen MR) is 116 cm³/mol. The van der Waals surface area contributed by atoms with Crippen molar-refractivity contribution in [3.63, 3.8) is 0 Å². The lowest BCUT2D eigenvalue weighted by Crippen LogP contribution is -2.27. The predicted octanol–water partition coefficient (Wildman–Crippen LogP) is 4.64. The van der Waals surface area contributed by atoms with Crippen LogP contribution in [0.1, 0.15) is 44.5 Å². The van der Waals surface area contributed by atoms with Crippen molar-refractivity contribution < 1.29 is 26.6 Å². The Morgan fingerprint density at radius 2 is 1.97 bits per heavy atom. The molecule has 2 heterocycles. The van der Waals surface area contributed by atoms with Crippen LogP contribution in [0.4, 0.5) is 0 Å². The molecular weight excluding hydrogens is 396 g/mol. The van der Waals surface area contributed by atoms with Gasteiger partial charge in [-0.1, -0.05) is 18.2 Å². The average Bonchev–Trinajstić information content (AvgIpc) is 3.35. The summed E-state index contributed by atoms with van der Waals surface area (Å²) in [5.41, 5.74) is 1.04. The van der Waals surface area contributed by atoms with Crippen LogP contribution in [0.15, 0.2) is 65.4 Å². The molecule has 162 valence electrons. The SMILES string of the molecule is [2H]C([2H])(c1ccccc1OCCCCCC(=O)O)N(C)C(=O)c1ccc(-c2ccco2)cn1. The average molecular weight is 424 g/mol. The first-order valence-corrected chi connectivity index (χ1v) is 10.0. The van der Waals surface area contributed by atoms with Crippen LogP contribution in [0.5, 0.6) is 5.75 Å². The smallest absolute Gasteiger partial charge is 0.303 e. The second kappa shape index (κ2) is 11.0. The number of furan rings is 1. The number of aliphatic carboxylic acids is 1. The molecule has 0 aliphatic rings. The number of rotatable bonds is 11. The summed E-state index contributed by atoms with van der Waals surface area (Å²) in [6.45, 7) is -1.83. The van der Waals surface area contributed by atoms with Crippen LogP contribution >= 0.6 is 0 Å². The van der Waals surface area contributed by atoms with Crippen molar-refractivity contribution in [1.29, 1.82) is 0 Å². The second-order valence-corrected chi connectivity index (χ2v) is 6.93. The number of carbonyl (C=O) groups is 2. The normalized spacial score (nSPS) is 12.0. The van der Waals surface area contributed by atoms with E-state index in [0.29, 0.717) is 42.9 Å². The molecule has 1 aromatic carbocycles. The van der Waals surface area contributed by atoms with E-state index in [4.69, 9.17) is 17.0 Å². The molecule has 1 amide bonds. The minimum atomic E-state index is -2.15. The van der Waals surface area contributed by atoms with Crippen molar-refractivity contribution in [1.82, 2.24) is 9.88 Å². The Labute approximate surface area is 184 Å². The van der Waals surface area contributed by atoms with E-state index in [1.807, 2.05) is 0 Å². The molecule has 0 saturated heterocycles. The third kappa shape index (κ3) is 6.44. The zero-order valence-electron chi connectivity index (χ0n) is 19.3. The largest absolute Gasteiger partial charge is 0.493 e. The second-order valence-electron chi connectivity index (χ2n) is 6.93. The minimum Gasteiger partial charge on any atom is -0.493 e. The zero-order chi connectivity index (χ0) is 23.8. The van der Waals surface area contributed by atoms with E-state index < -0.39 is 18.4 Å².